The summed E-state index contributed by atoms with van der Waals surface area (Å²) in [5.74, 6) is 0.807. The minimum atomic E-state index is -0.229. The molecule has 2 aromatic rings. The van der Waals surface area contributed by atoms with E-state index in [1.54, 1.807) is 13.3 Å². The molecule has 0 aliphatic carbocycles. The number of ether oxygens (including phenoxy) is 1. The first kappa shape index (κ1) is 15.6. The summed E-state index contributed by atoms with van der Waals surface area (Å²) in [6.07, 6.45) is 3.45. The van der Waals surface area contributed by atoms with Gasteiger partial charge >= 0.3 is 6.03 Å². The molecule has 0 spiro atoms. The van der Waals surface area contributed by atoms with Crippen LogP contribution in [0.1, 0.15) is 16.7 Å². The number of benzene rings is 2. The van der Waals surface area contributed by atoms with Gasteiger partial charge in [-0.2, -0.15) is 0 Å². The van der Waals surface area contributed by atoms with E-state index in [0.717, 1.165) is 22.4 Å². The standard InChI is InChI=1S/C18H20N2O2/c1-14-5-3-4-6-16(14)13-20-18(21)19-12-11-15-7-9-17(22-2)10-8-15/h3-12H,13H2,1-2H3,(H2,19,20,21)/b12-11+. The molecule has 0 heterocycles. The van der Waals surface area contributed by atoms with Gasteiger partial charge in [0.15, 0.2) is 0 Å². The summed E-state index contributed by atoms with van der Waals surface area (Å²) < 4.78 is 5.09. The fraction of sp³-hybridized carbons (Fsp3) is 0.167. The van der Waals surface area contributed by atoms with Gasteiger partial charge in [-0.3, -0.25) is 0 Å². The zero-order valence-electron chi connectivity index (χ0n) is 12.8. The maximum Gasteiger partial charge on any atom is 0.319 e. The zero-order valence-corrected chi connectivity index (χ0v) is 12.8. The number of hydrogen-bond acceptors (Lipinski definition) is 2. The Morgan fingerprint density at radius 1 is 1.14 bits per heavy atom. The fourth-order valence-electron chi connectivity index (χ4n) is 1.96. The smallest absolute Gasteiger partial charge is 0.319 e. The van der Waals surface area contributed by atoms with E-state index in [1.165, 1.54) is 0 Å². The first-order chi connectivity index (χ1) is 10.7. The number of rotatable bonds is 5. The SMILES string of the molecule is COc1ccc(/C=C/NC(=O)NCc2ccccc2C)cc1. The van der Waals surface area contributed by atoms with Crippen molar-refractivity contribution in [2.45, 2.75) is 13.5 Å². The highest BCUT2D eigenvalue weighted by Gasteiger charge is 2.00. The van der Waals surface area contributed by atoms with Gasteiger partial charge in [-0.25, -0.2) is 4.79 Å². The Morgan fingerprint density at radius 2 is 1.86 bits per heavy atom. The molecule has 4 heteroatoms. The molecule has 2 N–H and O–H groups in total. The van der Waals surface area contributed by atoms with E-state index in [4.69, 9.17) is 4.74 Å². The molecular formula is C18H20N2O2. The number of carbonyl (C=O) groups excluding carboxylic acids is 1. The predicted octanol–water partition coefficient (Wildman–Crippen LogP) is 3.47. The molecule has 0 saturated carbocycles. The number of nitrogens with one attached hydrogen (secondary N) is 2. The molecule has 0 unspecified atom stereocenters. The van der Waals surface area contributed by atoms with E-state index in [1.807, 2.05) is 61.5 Å². The van der Waals surface area contributed by atoms with Crippen molar-refractivity contribution in [2.24, 2.45) is 0 Å². The molecule has 0 bridgehead atoms. The third-order valence-electron chi connectivity index (χ3n) is 3.31. The Kier molecular flexibility index (Phi) is 5.60. The lowest BCUT2D eigenvalue weighted by Crippen LogP contribution is -2.31. The first-order valence-electron chi connectivity index (χ1n) is 7.08. The van der Waals surface area contributed by atoms with Crippen LogP contribution in [0.25, 0.3) is 6.08 Å². The van der Waals surface area contributed by atoms with Crippen LogP contribution in [0.15, 0.2) is 54.7 Å². The largest absolute Gasteiger partial charge is 0.497 e. The number of amides is 2. The lowest BCUT2D eigenvalue weighted by Gasteiger charge is -2.07. The van der Waals surface area contributed by atoms with Gasteiger partial charge in [-0.05, 0) is 41.8 Å². The van der Waals surface area contributed by atoms with E-state index in [0.29, 0.717) is 6.54 Å². The van der Waals surface area contributed by atoms with Crippen LogP contribution < -0.4 is 15.4 Å². The van der Waals surface area contributed by atoms with Crippen molar-refractivity contribution in [1.29, 1.82) is 0 Å². The fourth-order valence-corrected chi connectivity index (χ4v) is 1.96. The normalized spacial score (nSPS) is 10.5. The van der Waals surface area contributed by atoms with Crippen molar-refractivity contribution in [2.75, 3.05) is 7.11 Å². The topological polar surface area (TPSA) is 50.4 Å². The Bertz CT molecular complexity index is 648. The summed E-state index contributed by atoms with van der Waals surface area (Å²) in [6, 6.07) is 15.3. The van der Waals surface area contributed by atoms with Crippen LogP contribution in [0.5, 0.6) is 5.75 Å². The molecule has 2 aromatic carbocycles. The van der Waals surface area contributed by atoms with Gasteiger partial charge in [0.1, 0.15) is 5.75 Å². The van der Waals surface area contributed by atoms with Crippen LogP contribution in [-0.4, -0.2) is 13.1 Å². The van der Waals surface area contributed by atoms with E-state index >= 15 is 0 Å². The van der Waals surface area contributed by atoms with E-state index in [2.05, 4.69) is 10.6 Å². The molecule has 0 aromatic heterocycles. The van der Waals surface area contributed by atoms with Gasteiger partial charge in [0.05, 0.1) is 7.11 Å². The molecule has 0 radical (unpaired) electrons. The van der Waals surface area contributed by atoms with Gasteiger partial charge in [0, 0.05) is 12.7 Å². The van der Waals surface area contributed by atoms with Crippen LogP contribution in [0.2, 0.25) is 0 Å². The number of aryl methyl sites for hydroxylation is 1. The van der Waals surface area contributed by atoms with E-state index in [9.17, 15) is 4.79 Å². The molecule has 0 atom stereocenters. The third kappa shape index (κ3) is 4.66. The molecule has 2 amide bonds. The lowest BCUT2D eigenvalue weighted by atomic mass is 10.1. The van der Waals surface area contributed by atoms with Crippen LogP contribution in [0, 0.1) is 6.92 Å². The highest BCUT2D eigenvalue weighted by Crippen LogP contribution is 2.11. The Labute approximate surface area is 130 Å². The zero-order chi connectivity index (χ0) is 15.8. The summed E-state index contributed by atoms with van der Waals surface area (Å²) in [6.45, 7) is 2.54. The van der Waals surface area contributed by atoms with E-state index in [-0.39, 0.29) is 6.03 Å². The van der Waals surface area contributed by atoms with Crippen molar-refractivity contribution in [3.63, 3.8) is 0 Å². The monoisotopic (exact) mass is 296 g/mol. The highest BCUT2D eigenvalue weighted by atomic mass is 16.5. The molecule has 2 rings (SSSR count). The average molecular weight is 296 g/mol. The molecule has 22 heavy (non-hydrogen) atoms. The lowest BCUT2D eigenvalue weighted by molar-refractivity contribution is 0.244. The molecule has 4 nitrogen and oxygen atoms in total. The van der Waals surface area contributed by atoms with Crippen molar-refractivity contribution in [1.82, 2.24) is 10.6 Å². The number of hydrogen-bond donors (Lipinski definition) is 2. The van der Waals surface area contributed by atoms with Crippen LogP contribution >= 0.6 is 0 Å². The van der Waals surface area contributed by atoms with Gasteiger partial charge in [0.25, 0.3) is 0 Å². The minimum Gasteiger partial charge on any atom is -0.497 e. The summed E-state index contributed by atoms with van der Waals surface area (Å²) in [5, 5.41) is 5.51. The Morgan fingerprint density at radius 3 is 2.55 bits per heavy atom. The molecule has 0 saturated heterocycles. The summed E-state index contributed by atoms with van der Waals surface area (Å²) in [7, 11) is 1.63. The van der Waals surface area contributed by atoms with Crippen molar-refractivity contribution < 1.29 is 9.53 Å². The molecule has 0 aliphatic heterocycles. The highest BCUT2D eigenvalue weighted by molar-refractivity contribution is 5.75. The predicted molar refractivity (Wildman–Crippen MR) is 88.6 cm³/mol. The molecule has 0 fully saturated rings. The van der Waals surface area contributed by atoms with Crippen molar-refractivity contribution in [3.05, 3.63) is 71.4 Å². The molecule has 114 valence electrons. The van der Waals surface area contributed by atoms with Gasteiger partial charge in [-0.1, -0.05) is 36.4 Å². The summed E-state index contributed by atoms with van der Waals surface area (Å²) in [4.78, 5) is 11.7. The number of methoxy groups -OCH3 is 1. The minimum absolute atomic E-state index is 0.229. The second kappa shape index (κ2) is 7.88. The maximum absolute atomic E-state index is 11.7. The Hall–Kier alpha value is -2.75. The second-order valence-corrected chi connectivity index (χ2v) is 4.86. The average Bonchev–Trinajstić information content (AvgIpc) is 2.55. The quantitative estimate of drug-likeness (QED) is 0.887. The molecule has 0 aliphatic rings. The summed E-state index contributed by atoms with van der Waals surface area (Å²) in [5.41, 5.74) is 3.26. The third-order valence-corrected chi connectivity index (χ3v) is 3.31. The van der Waals surface area contributed by atoms with Crippen LogP contribution in [-0.2, 0) is 6.54 Å². The van der Waals surface area contributed by atoms with Crippen LogP contribution in [0.3, 0.4) is 0 Å². The summed E-state index contributed by atoms with van der Waals surface area (Å²) >= 11 is 0. The van der Waals surface area contributed by atoms with Gasteiger partial charge < -0.3 is 15.4 Å². The Balaban J connectivity index is 1.79. The maximum atomic E-state index is 11.7. The van der Waals surface area contributed by atoms with Crippen molar-refractivity contribution in [3.8, 4) is 5.75 Å². The first-order valence-corrected chi connectivity index (χ1v) is 7.08. The van der Waals surface area contributed by atoms with Gasteiger partial charge in [-0.15, -0.1) is 0 Å². The van der Waals surface area contributed by atoms with E-state index < -0.39 is 0 Å². The number of carbonyl (C=O) groups is 1. The van der Waals surface area contributed by atoms with Crippen LogP contribution in [0.4, 0.5) is 4.79 Å². The van der Waals surface area contributed by atoms with Gasteiger partial charge in [0.2, 0.25) is 0 Å². The van der Waals surface area contributed by atoms with Crippen molar-refractivity contribution >= 4 is 12.1 Å². The number of urea groups is 1. The second-order valence-electron chi connectivity index (χ2n) is 4.86. The molecular weight excluding hydrogens is 276 g/mol.